The van der Waals surface area contributed by atoms with E-state index in [1.54, 1.807) is 36.7 Å². The van der Waals surface area contributed by atoms with Crippen LogP contribution in [0.2, 0.25) is 0 Å². The first-order valence-corrected chi connectivity index (χ1v) is 15.7. The Morgan fingerprint density at radius 3 is 2.26 bits per heavy atom. The van der Waals surface area contributed by atoms with E-state index in [1.165, 1.54) is 7.11 Å². The zero-order valence-electron chi connectivity index (χ0n) is 25.8. The molecule has 3 N–H and O–H groups in total. The first kappa shape index (κ1) is 35.4. The van der Waals surface area contributed by atoms with Gasteiger partial charge in [-0.25, -0.2) is 0 Å². The van der Waals surface area contributed by atoms with E-state index >= 15 is 0 Å². The van der Waals surface area contributed by atoms with Crippen molar-refractivity contribution in [3.8, 4) is 0 Å². The summed E-state index contributed by atoms with van der Waals surface area (Å²) in [5.74, 6) is 0.0947. The smallest absolute Gasteiger partial charge is 0.247 e. The Labute approximate surface area is 240 Å². The van der Waals surface area contributed by atoms with Gasteiger partial charge in [0.05, 0.1) is 18.1 Å². The van der Waals surface area contributed by atoms with E-state index in [2.05, 4.69) is 29.4 Å². The molecule has 0 spiro atoms. The normalized spacial score (nSPS) is 20.1. The number of nitrogens with one attached hydrogen (secondary N) is 2. The van der Waals surface area contributed by atoms with Gasteiger partial charge in [0.25, 0.3) is 0 Å². The standard InChI is InChI=1S/C29H54N4O5S/c1-18(2)24(17-21(7)26(34)30-22(14-16-39-10)29(37)38-9)32(8)28(36)25(19(3)4)31-27(35)23-13-11-12-15-33(23)20(5)6/h17-20,22-25,29,37H,11-16H2,1-10H3,(H,30,34)(H,31,35)/b21-17+/t22-,23+,24+,25-,29?/m0/s1. The molecule has 5 atom stereocenters. The van der Waals surface area contributed by atoms with Crippen LogP contribution in [0.4, 0.5) is 0 Å². The predicted octanol–water partition coefficient (Wildman–Crippen LogP) is 3.02. The number of nitrogens with zero attached hydrogens (tertiary/aromatic N) is 2. The number of ether oxygens (including phenoxy) is 1. The molecule has 1 fully saturated rings. The van der Waals surface area contributed by atoms with Crippen molar-refractivity contribution in [1.82, 2.24) is 20.4 Å². The van der Waals surface area contributed by atoms with Crippen molar-refractivity contribution < 1.29 is 24.2 Å². The minimum absolute atomic E-state index is 0.0249. The molecule has 1 aliphatic rings. The van der Waals surface area contributed by atoms with Crippen LogP contribution in [0.1, 0.15) is 74.1 Å². The van der Waals surface area contributed by atoms with Crippen molar-refractivity contribution in [1.29, 1.82) is 0 Å². The number of carbonyl (C=O) groups excluding carboxylic acids is 3. The van der Waals surface area contributed by atoms with E-state index in [0.29, 0.717) is 12.0 Å². The molecule has 1 unspecified atom stereocenters. The number of hydrogen-bond donors (Lipinski definition) is 3. The molecular weight excluding hydrogens is 516 g/mol. The van der Waals surface area contributed by atoms with Crippen molar-refractivity contribution in [3.63, 3.8) is 0 Å². The Morgan fingerprint density at radius 2 is 1.74 bits per heavy atom. The quantitative estimate of drug-likeness (QED) is 0.205. The van der Waals surface area contributed by atoms with E-state index in [1.807, 2.05) is 34.0 Å². The first-order valence-electron chi connectivity index (χ1n) is 14.3. The molecular formula is C29H54N4O5S. The summed E-state index contributed by atoms with van der Waals surface area (Å²) >= 11 is 1.63. The highest BCUT2D eigenvalue weighted by molar-refractivity contribution is 7.98. The molecule has 226 valence electrons. The predicted molar refractivity (Wildman–Crippen MR) is 159 cm³/mol. The second-order valence-corrected chi connectivity index (χ2v) is 12.6. The van der Waals surface area contributed by atoms with Gasteiger partial charge in [-0.2, -0.15) is 11.8 Å². The van der Waals surface area contributed by atoms with Gasteiger partial charge in [0.2, 0.25) is 17.7 Å². The highest BCUT2D eigenvalue weighted by Gasteiger charge is 2.36. The Balaban J connectivity index is 3.08. The third-order valence-electron chi connectivity index (χ3n) is 7.53. The molecule has 1 heterocycles. The summed E-state index contributed by atoms with van der Waals surface area (Å²) in [4.78, 5) is 44.0. The van der Waals surface area contributed by atoms with Crippen molar-refractivity contribution in [3.05, 3.63) is 11.6 Å². The lowest BCUT2D eigenvalue weighted by atomic mass is 9.95. The molecule has 0 bridgehead atoms. The van der Waals surface area contributed by atoms with Crippen molar-refractivity contribution in [2.24, 2.45) is 11.8 Å². The number of aliphatic hydroxyl groups is 1. The van der Waals surface area contributed by atoms with Crippen LogP contribution in [0, 0.1) is 11.8 Å². The number of aliphatic hydroxyl groups excluding tert-OH is 1. The Morgan fingerprint density at radius 1 is 1.10 bits per heavy atom. The number of likely N-dealkylation sites (tertiary alicyclic amines) is 1. The summed E-state index contributed by atoms with van der Waals surface area (Å²) in [5.41, 5.74) is 0.450. The zero-order chi connectivity index (χ0) is 29.9. The highest BCUT2D eigenvalue weighted by Crippen LogP contribution is 2.21. The number of likely N-dealkylation sites (N-methyl/N-ethyl adjacent to an activating group) is 1. The number of carbonyl (C=O) groups is 3. The van der Waals surface area contributed by atoms with Crippen LogP contribution >= 0.6 is 11.8 Å². The second-order valence-electron chi connectivity index (χ2n) is 11.6. The van der Waals surface area contributed by atoms with Crippen LogP contribution in [-0.2, 0) is 19.1 Å². The molecule has 0 aromatic heterocycles. The number of methoxy groups -OCH3 is 1. The van der Waals surface area contributed by atoms with Crippen LogP contribution in [0.25, 0.3) is 0 Å². The van der Waals surface area contributed by atoms with Crippen molar-refractivity contribution in [2.75, 3.05) is 32.7 Å². The molecule has 1 saturated heterocycles. The Kier molecular flexibility index (Phi) is 15.7. The van der Waals surface area contributed by atoms with E-state index in [-0.39, 0.29) is 47.7 Å². The lowest BCUT2D eigenvalue weighted by Crippen LogP contribution is -2.58. The maximum atomic E-state index is 13.8. The SMILES string of the molecule is COC(O)[C@H](CCSC)NC(=O)/C(C)=C/[C@H](C(C)C)N(C)C(=O)[C@@H](NC(=O)[C@H]1CCCCN1C(C)C)C(C)C. The molecule has 3 amide bonds. The Hall–Kier alpha value is -1.62. The summed E-state index contributed by atoms with van der Waals surface area (Å²) in [6.45, 7) is 14.7. The molecule has 9 nitrogen and oxygen atoms in total. The van der Waals surface area contributed by atoms with Gasteiger partial charge in [0.15, 0.2) is 6.29 Å². The number of thioether (sulfide) groups is 1. The van der Waals surface area contributed by atoms with Gasteiger partial charge in [-0.05, 0) is 70.4 Å². The number of piperidine rings is 1. The second kappa shape index (κ2) is 17.3. The average Bonchev–Trinajstić information content (AvgIpc) is 2.90. The van der Waals surface area contributed by atoms with Crippen LogP contribution < -0.4 is 10.6 Å². The molecule has 0 aliphatic carbocycles. The third kappa shape index (κ3) is 10.7. The van der Waals surface area contributed by atoms with Crippen LogP contribution in [-0.4, -0.2) is 102 Å². The minimum Gasteiger partial charge on any atom is -0.366 e. The van der Waals surface area contributed by atoms with E-state index in [0.717, 1.165) is 31.6 Å². The maximum absolute atomic E-state index is 13.8. The number of rotatable bonds is 15. The highest BCUT2D eigenvalue weighted by atomic mass is 32.2. The van der Waals surface area contributed by atoms with Crippen molar-refractivity contribution >= 4 is 29.5 Å². The minimum atomic E-state index is -1.11. The molecule has 1 rings (SSSR count). The van der Waals surface area contributed by atoms with Gasteiger partial charge in [0.1, 0.15) is 6.04 Å². The molecule has 0 aromatic carbocycles. The monoisotopic (exact) mass is 570 g/mol. The molecule has 0 radical (unpaired) electrons. The van der Waals surface area contributed by atoms with Gasteiger partial charge in [0, 0.05) is 25.8 Å². The largest absolute Gasteiger partial charge is 0.366 e. The van der Waals surface area contributed by atoms with Crippen LogP contribution in [0.5, 0.6) is 0 Å². The Bertz CT molecular complexity index is 819. The average molecular weight is 571 g/mol. The van der Waals surface area contributed by atoms with Gasteiger partial charge < -0.3 is 25.4 Å². The molecule has 0 aromatic rings. The van der Waals surface area contributed by atoms with Gasteiger partial charge in [-0.15, -0.1) is 0 Å². The topological polar surface area (TPSA) is 111 Å². The molecule has 10 heteroatoms. The van der Waals surface area contributed by atoms with E-state index in [4.69, 9.17) is 4.74 Å². The lowest BCUT2D eigenvalue weighted by Gasteiger charge is -2.39. The summed E-state index contributed by atoms with van der Waals surface area (Å²) in [6.07, 6.45) is 6.09. The van der Waals surface area contributed by atoms with Crippen LogP contribution in [0.3, 0.4) is 0 Å². The molecule has 39 heavy (non-hydrogen) atoms. The van der Waals surface area contributed by atoms with Gasteiger partial charge >= 0.3 is 0 Å². The molecule has 1 aliphatic heterocycles. The lowest BCUT2D eigenvalue weighted by molar-refractivity contribution is -0.140. The van der Waals surface area contributed by atoms with E-state index < -0.39 is 18.4 Å². The fourth-order valence-corrected chi connectivity index (χ4v) is 5.53. The molecule has 0 saturated carbocycles. The van der Waals surface area contributed by atoms with Gasteiger partial charge in [-0.3, -0.25) is 19.3 Å². The van der Waals surface area contributed by atoms with Crippen LogP contribution in [0.15, 0.2) is 11.6 Å². The number of amides is 3. The maximum Gasteiger partial charge on any atom is 0.247 e. The van der Waals surface area contributed by atoms with Gasteiger partial charge in [-0.1, -0.05) is 40.2 Å². The fourth-order valence-electron chi connectivity index (χ4n) is 5.04. The fraction of sp³-hybridized carbons (Fsp3) is 0.828. The summed E-state index contributed by atoms with van der Waals surface area (Å²) in [5, 5.41) is 16.1. The zero-order valence-corrected chi connectivity index (χ0v) is 26.6. The summed E-state index contributed by atoms with van der Waals surface area (Å²) < 4.78 is 5.04. The third-order valence-corrected chi connectivity index (χ3v) is 8.18. The first-order chi connectivity index (χ1) is 18.3. The summed E-state index contributed by atoms with van der Waals surface area (Å²) in [6, 6.07) is -1.55. The summed E-state index contributed by atoms with van der Waals surface area (Å²) in [7, 11) is 3.13. The van der Waals surface area contributed by atoms with E-state index in [9.17, 15) is 19.5 Å². The number of hydrogen-bond acceptors (Lipinski definition) is 7. The van der Waals surface area contributed by atoms with Crippen molar-refractivity contribution in [2.45, 2.75) is 111 Å².